The van der Waals surface area contributed by atoms with Crippen LogP contribution in [0.15, 0.2) is 47.6 Å². The standard InChI is InChI=1S/C19H19F3N6OS/c1-23-30-14-9-15(26-16(10-14)19(20,21)22)18(29)25-13-5-3-4-12(8-13)6-7-17-27-24-11-28(17)2/h3-5,8-11,23H,6-7H2,1-2H3,(H,25,29). The molecule has 11 heteroatoms. The van der Waals surface area contributed by atoms with E-state index in [2.05, 4.69) is 25.2 Å². The molecule has 0 aliphatic carbocycles. The minimum Gasteiger partial charge on any atom is -0.321 e. The minimum absolute atomic E-state index is 0.238. The number of carbonyl (C=O) groups excluding carboxylic acids is 1. The molecule has 3 rings (SSSR count). The maximum atomic E-state index is 13.1. The van der Waals surface area contributed by atoms with Crippen LogP contribution in [0.2, 0.25) is 0 Å². The van der Waals surface area contributed by atoms with Crippen LogP contribution in [0.5, 0.6) is 0 Å². The summed E-state index contributed by atoms with van der Waals surface area (Å²) in [5, 5.41) is 10.5. The van der Waals surface area contributed by atoms with Crippen LogP contribution < -0.4 is 10.0 Å². The molecule has 0 aliphatic heterocycles. The summed E-state index contributed by atoms with van der Waals surface area (Å²) in [6.45, 7) is 0. The highest BCUT2D eigenvalue weighted by Crippen LogP contribution is 2.30. The molecule has 0 atom stereocenters. The topological polar surface area (TPSA) is 84.7 Å². The van der Waals surface area contributed by atoms with Gasteiger partial charge in [0, 0.05) is 24.1 Å². The highest BCUT2D eigenvalue weighted by atomic mass is 32.2. The summed E-state index contributed by atoms with van der Waals surface area (Å²) in [5.74, 6) is 0.108. The zero-order chi connectivity index (χ0) is 21.7. The Morgan fingerprint density at radius 3 is 2.67 bits per heavy atom. The van der Waals surface area contributed by atoms with Crippen LogP contribution in [0.25, 0.3) is 0 Å². The number of hydrogen-bond acceptors (Lipinski definition) is 6. The van der Waals surface area contributed by atoms with Crippen molar-refractivity contribution in [3.63, 3.8) is 0 Å². The van der Waals surface area contributed by atoms with E-state index >= 15 is 0 Å². The third kappa shape index (κ3) is 5.57. The lowest BCUT2D eigenvalue weighted by atomic mass is 10.1. The van der Waals surface area contributed by atoms with Crippen molar-refractivity contribution in [1.82, 2.24) is 24.5 Å². The predicted octanol–water partition coefficient (Wildman–Crippen LogP) is 3.49. The van der Waals surface area contributed by atoms with E-state index in [9.17, 15) is 18.0 Å². The Morgan fingerprint density at radius 2 is 2.00 bits per heavy atom. The number of pyridine rings is 1. The normalized spacial score (nSPS) is 11.5. The van der Waals surface area contributed by atoms with Crippen LogP contribution in [0.1, 0.15) is 27.6 Å². The number of benzene rings is 1. The van der Waals surface area contributed by atoms with Crippen molar-refractivity contribution in [2.45, 2.75) is 23.9 Å². The van der Waals surface area contributed by atoms with E-state index in [1.165, 1.54) is 6.07 Å². The van der Waals surface area contributed by atoms with Crippen LogP contribution in [0.3, 0.4) is 0 Å². The Bertz CT molecular complexity index is 1040. The Balaban J connectivity index is 1.75. The summed E-state index contributed by atoms with van der Waals surface area (Å²) in [7, 11) is 3.43. The molecular formula is C19H19F3N6OS. The van der Waals surface area contributed by atoms with Crippen LogP contribution in [0.4, 0.5) is 18.9 Å². The number of nitrogens with one attached hydrogen (secondary N) is 2. The molecule has 158 valence electrons. The van der Waals surface area contributed by atoms with E-state index in [0.29, 0.717) is 18.5 Å². The number of nitrogens with zero attached hydrogens (tertiary/aromatic N) is 4. The summed E-state index contributed by atoms with van der Waals surface area (Å²) < 4.78 is 43.9. The first-order valence-corrected chi connectivity index (χ1v) is 9.74. The van der Waals surface area contributed by atoms with Gasteiger partial charge in [0.2, 0.25) is 0 Å². The van der Waals surface area contributed by atoms with Crippen molar-refractivity contribution in [1.29, 1.82) is 0 Å². The second-order valence-electron chi connectivity index (χ2n) is 6.39. The molecule has 3 aromatic rings. The number of hydrogen-bond donors (Lipinski definition) is 2. The molecule has 0 fully saturated rings. The number of aromatic nitrogens is 4. The molecule has 0 unspecified atom stereocenters. The molecule has 30 heavy (non-hydrogen) atoms. The predicted molar refractivity (Wildman–Crippen MR) is 107 cm³/mol. The third-order valence-corrected chi connectivity index (χ3v) is 4.84. The van der Waals surface area contributed by atoms with Gasteiger partial charge in [0.15, 0.2) is 0 Å². The fraction of sp³-hybridized carbons (Fsp3) is 0.263. The van der Waals surface area contributed by atoms with Gasteiger partial charge in [-0.05, 0) is 55.2 Å². The summed E-state index contributed by atoms with van der Waals surface area (Å²) >= 11 is 0.969. The maximum absolute atomic E-state index is 13.1. The first-order chi connectivity index (χ1) is 14.3. The molecule has 0 saturated carbocycles. The molecule has 0 bridgehead atoms. The number of carbonyl (C=O) groups is 1. The molecule has 2 aromatic heterocycles. The maximum Gasteiger partial charge on any atom is 0.433 e. The summed E-state index contributed by atoms with van der Waals surface area (Å²) in [5.41, 5.74) is -0.0193. The SMILES string of the molecule is CNSc1cc(C(=O)Nc2cccc(CCc3nncn3C)c2)nc(C(F)(F)F)c1. The lowest BCUT2D eigenvalue weighted by molar-refractivity contribution is -0.141. The van der Waals surface area contributed by atoms with Crippen LogP contribution in [-0.4, -0.2) is 32.7 Å². The monoisotopic (exact) mass is 436 g/mol. The molecular weight excluding hydrogens is 417 g/mol. The molecule has 2 N–H and O–H groups in total. The van der Waals surface area contributed by atoms with Gasteiger partial charge < -0.3 is 9.88 Å². The number of anilines is 1. The third-order valence-electron chi connectivity index (χ3n) is 4.17. The second-order valence-corrected chi connectivity index (χ2v) is 7.47. The Morgan fingerprint density at radius 1 is 1.20 bits per heavy atom. The zero-order valence-electron chi connectivity index (χ0n) is 16.2. The van der Waals surface area contributed by atoms with Crippen molar-refractivity contribution >= 4 is 23.5 Å². The summed E-state index contributed by atoms with van der Waals surface area (Å²) in [4.78, 5) is 16.3. The van der Waals surface area contributed by atoms with Crippen molar-refractivity contribution < 1.29 is 18.0 Å². The Kier molecular flexibility index (Phi) is 6.73. The van der Waals surface area contributed by atoms with E-state index in [0.717, 1.165) is 29.4 Å². The molecule has 0 aliphatic rings. The van der Waals surface area contributed by atoms with Crippen LogP contribution >= 0.6 is 11.9 Å². The van der Waals surface area contributed by atoms with Gasteiger partial charge in [-0.1, -0.05) is 12.1 Å². The fourth-order valence-corrected chi connectivity index (χ4v) is 3.31. The van der Waals surface area contributed by atoms with Gasteiger partial charge in [0.25, 0.3) is 5.91 Å². The van der Waals surface area contributed by atoms with E-state index in [4.69, 9.17) is 0 Å². The van der Waals surface area contributed by atoms with Gasteiger partial charge >= 0.3 is 6.18 Å². The summed E-state index contributed by atoms with van der Waals surface area (Å²) in [6, 6.07) is 9.31. The first kappa shape index (κ1) is 21.8. The zero-order valence-corrected chi connectivity index (χ0v) is 17.0. The van der Waals surface area contributed by atoms with Gasteiger partial charge in [-0.15, -0.1) is 10.2 Å². The average molecular weight is 436 g/mol. The molecule has 0 spiro atoms. The molecule has 0 radical (unpaired) electrons. The van der Waals surface area contributed by atoms with E-state index < -0.39 is 17.8 Å². The quantitative estimate of drug-likeness (QED) is 0.552. The number of amides is 1. The van der Waals surface area contributed by atoms with E-state index in [-0.39, 0.29) is 10.6 Å². The van der Waals surface area contributed by atoms with Crippen LogP contribution in [-0.2, 0) is 26.1 Å². The highest BCUT2D eigenvalue weighted by Gasteiger charge is 2.34. The molecule has 1 amide bonds. The largest absolute Gasteiger partial charge is 0.433 e. The first-order valence-electron chi connectivity index (χ1n) is 8.92. The number of alkyl halides is 3. The van der Waals surface area contributed by atoms with Gasteiger partial charge in [-0.3, -0.25) is 9.52 Å². The van der Waals surface area contributed by atoms with Crippen molar-refractivity contribution in [3.05, 3.63) is 65.5 Å². The van der Waals surface area contributed by atoms with Gasteiger partial charge in [-0.2, -0.15) is 13.2 Å². The van der Waals surface area contributed by atoms with E-state index in [1.54, 1.807) is 31.6 Å². The van der Waals surface area contributed by atoms with Gasteiger partial charge in [-0.25, -0.2) is 4.98 Å². The Hall–Kier alpha value is -2.92. The lowest BCUT2D eigenvalue weighted by Gasteiger charge is -2.11. The highest BCUT2D eigenvalue weighted by molar-refractivity contribution is 7.97. The van der Waals surface area contributed by atoms with Crippen molar-refractivity contribution in [2.75, 3.05) is 12.4 Å². The van der Waals surface area contributed by atoms with E-state index in [1.807, 2.05) is 17.7 Å². The lowest BCUT2D eigenvalue weighted by Crippen LogP contribution is -2.18. The average Bonchev–Trinajstić information content (AvgIpc) is 3.11. The number of rotatable bonds is 7. The Labute approximate surface area is 175 Å². The fourth-order valence-electron chi connectivity index (χ4n) is 2.73. The van der Waals surface area contributed by atoms with Gasteiger partial charge in [0.1, 0.15) is 23.5 Å². The second kappa shape index (κ2) is 9.26. The van der Waals surface area contributed by atoms with Crippen molar-refractivity contribution in [3.8, 4) is 0 Å². The van der Waals surface area contributed by atoms with Crippen molar-refractivity contribution in [2.24, 2.45) is 7.05 Å². The smallest absolute Gasteiger partial charge is 0.321 e. The van der Waals surface area contributed by atoms with Gasteiger partial charge in [0.05, 0.1) is 0 Å². The number of aryl methyl sites for hydroxylation is 3. The molecule has 2 heterocycles. The van der Waals surface area contributed by atoms with Crippen LogP contribution in [0, 0.1) is 0 Å². The molecule has 1 aromatic carbocycles. The summed E-state index contributed by atoms with van der Waals surface area (Å²) in [6.07, 6.45) is -1.71. The molecule has 7 nitrogen and oxygen atoms in total. The molecule has 0 saturated heterocycles. The minimum atomic E-state index is -4.65. The number of halogens is 3.